The molecule has 0 saturated heterocycles. The van der Waals surface area contributed by atoms with Gasteiger partial charge in [0.15, 0.2) is 0 Å². The Balaban J connectivity index is 2.32. The minimum Gasteiger partial charge on any atom is -0.321 e. The number of nitrogens with zero attached hydrogens (tertiary/aromatic N) is 1. The van der Waals surface area contributed by atoms with Gasteiger partial charge in [-0.15, -0.1) is 0 Å². The molecule has 0 fully saturated rings. The smallest absolute Gasteiger partial charge is 0.260 e. The molecular formula is C16H10N2O2. The molecule has 0 unspecified atom stereocenters. The van der Waals surface area contributed by atoms with Gasteiger partial charge in [0.25, 0.3) is 5.56 Å². The summed E-state index contributed by atoms with van der Waals surface area (Å²) >= 11 is 0. The number of carbonyl (C=O) groups is 1. The maximum atomic E-state index is 12.4. The van der Waals surface area contributed by atoms with E-state index < -0.39 is 0 Å². The molecule has 3 aromatic rings. The van der Waals surface area contributed by atoms with Crippen molar-refractivity contribution in [1.29, 1.82) is 0 Å². The van der Waals surface area contributed by atoms with Gasteiger partial charge in [0.1, 0.15) is 0 Å². The van der Waals surface area contributed by atoms with E-state index in [1.165, 1.54) is 6.20 Å². The van der Waals surface area contributed by atoms with Crippen molar-refractivity contribution < 1.29 is 4.79 Å². The minimum absolute atomic E-state index is 0.231. The van der Waals surface area contributed by atoms with Crippen LogP contribution in [-0.4, -0.2) is 15.8 Å². The lowest BCUT2D eigenvalue weighted by Crippen LogP contribution is -2.16. The number of hydrogen-bond acceptors (Lipinski definition) is 3. The molecule has 1 aliphatic rings. The number of fused-ring (bicyclic) bond motifs is 5. The lowest BCUT2D eigenvalue weighted by Gasteiger charge is -2.08. The average molecular weight is 262 g/mol. The third kappa shape index (κ3) is 1.23. The van der Waals surface area contributed by atoms with Crippen LogP contribution in [0.3, 0.4) is 0 Å². The molecule has 1 N–H and O–H groups in total. The lowest BCUT2D eigenvalue weighted by atomic mass is 9.98. The third-order valence-corrected chi connectivity index (χ3v) is 3.81. The molecule has 0 atom stereocenters. The van der Waals surface area contributed by atoms with E-state index >= 15 is 0 Å². The van der Waals surface area contributed by atoms with Crippen LogP contribution in [0.1, 0.15) is 21.5 Å². The normalized spacial score (nSPS) is 12.6. The number of aromatic amines is 1. The average Bonchev–Trinajstić information content (AvgIpc) is 2.74. The van der Waals surface area contributed by atoms with E-state index in [4.69, 9.17) is 0 Å². The molecule has 96 valence electrons. The van der Waals surface area contributed by atoms with Crippen LogP contribution >= 0.6 is 0 Å². The van der Waals surface area contributed by atoms with E-state index in [2.05, 4.69) is 9.97 Å². The first kappa shape index (κ1) is 11.1. The number of pyridine rings is 2. The number of ketones is 1. The first-order valence-corrected chi connectivity index (χ1v) is 6.33. The van der Waals surface area contributed by atoms with Crippen LogP contribution in [0.25, 0.3) is 22.0 Å². The largest absolute Gasteiger partial charge is 0.321 e. The summed E-state index contributed by atoms with van der Waals surface area (Å²) in [5, 5.41) is 0.931. The third-order valence-electron chi connectivity index (χ3n) is 3.81. The van der Waals surface area contributed by atoms with Gasteiger partial charge in [-0.1, -0.05) is 12.1 Å². The van der Waals surface area contributed by atoms with E-state index in [0.29, 0.717) is 5.56 Å². The van der Waals surface area contributed by atoms with E-state index in [1.807, 2.05) is 25.1 Å². The van der Waals surface area contributed by atoms with Gasteiger partial charge in [-0.2, -0.15) is 0 Å². The fourth-order valence-electron chi connectivity index (χ4n) is 2.94. The number of rotatable bonds is 0. The minimum atomic E-state index is -0.334. The summed E-state index contributed by atoms with van der Waals surface area (Å²) in [6, 6.07) is 7.52. The number of hydrogen-bond donors (Lipinski definition) is 1. The van der Waals surface area contributed by atoms with Crippen molar-refractivity contribution in [2.45, 2.75) is 6.92 Å². The summed E-state index contributed by atoms with van der Waals surface area (Å²) < 4.78 is 0. The summed E-state index contributed by atoms with van der Waals surface area (Å²) in [6.45, 7) is 1.98. The standard InChI is InChI=1S/C16H10N2O2/c1-8-3-2-4-11-12(8)13-9-5-6-17-7-10(9)15(19)14(13)16(20)18-11/h2-7H,1H3,(H,18,20). The zero-order chi connectivity index (χ0) is 13.9. The van der Waals surface area contributed by atoms with Gasteiger partial charge in [0, 0.05) is 34.4 Å². The Kier molecular flexibility index (Phi) is 2.02. The zero-order valence-corrected chi connectivity index (χ0v) is 10.7. The Morgan fingerprint density at radius 1 is 1.05 bits per heavy atom. The first-order valence-electron chi connectivity index (χ1n) is 6.33. The molecule has 1 aliphatic carbocycles. The van der Waals surface area contributed by atoms with Gasteiger partial charge in [0.05, 0.1) is 5.56 Å². The maximum absolute atomic E-state index is 12.4. The predicted molar refractivity (Wildman–Crippen MR) is 76.0 cm³/mol. The van der Waals surface area contributed by atoms with Crippen LogP contribution in [-0.2, 0) is 0 Å². The summed E-state index contributed by atoms with van der Waals surface area (Å²) in [6.07, 6.45) is 3.17. The quantitative estimate of drug-likeness (QED) is 0.529. The molecule has 0 saturated carbocycles. The van der Waals surface area contributed by atoms with Gasteiger partial charge >= 0.3 is 0 Å². The number of nitrogens with one attached hydrogen (secondary N) is 1. The van der Waals surface area contributed by atoms with Gasteiger partial charge in [-0.05, 0) is 30.2 Å². The molecule has 4 heteroatoms. The van der Waals surface area contributed by atoms with E-state index in [1.54, 1.807) is 12.3 Å². The Morgan fingerprint density at radius 2 is 1.90 bits per heavy atom. The second-order valence-corrected chi connectivity index (χ2v) is 4.95. The monoisotopic (exact) mass is 262 g/mol. The Hall–Kier alpha value is -2.75. The van der Waals surface area contributed by atoms with Crippen molar-refractivity contribution in [3.8, 4) is 11.1 Å². The van der Waals surface area contributed by atoms with Crippen LogP contribution in [0.15, 0.2) is 41.5 Å². The molecule has 0 spiro atoms. The highest BCUT2D eigenvalue weighted by atomic mass is 16.1. The number of aryl methyl sites for hydroxylation is 1. The number of benzene rings is 1. The summed E-state index contributed by atoms with van der Waals surface area (Å²) in [7, 11) is 0. The molecule has 2 aromatic heterocycles. The molecule has 0 amide bonds. The molecule has 1 aromatic carbocycles. The molecule has 0 radical (unpaired) electrons. The lowest BCUT2D eigenvalue weighted by molar-refractivity contribution is 0.104. The highest BCUT2D eigenvalue weighted by Gasteiger charge is 2.31. The topological polar surface area (TPSA) is 62.8 Å². The van der Waals surface area contributed by atoms with E-state index in [0.717, 1.165) is 27.6 Å². The van der Waals surface area contributed by atoms with Crippen LogP contribution in [0.5, 0.6) is 0 Å². The van der Waals surface area contributed by atoms with Crippen molar-refractivity contribution in [3.63, 3.8) is 0 Å². The summed E-state index contributed by atoms with van der Waals surface area (Å²) in [5.74, 6) is -0.241. The second kappa shape index (κ2) is 3.63. The van der Waals surface area contributed by atoms with Gasteiger partial charge in [-0.3, -0.25) is 14.6 Å². The van der Waals surface area contributed by atoms with E-state index in [9.17, 15) is 9.59 Å². The van der Waals surface area contributed by atoms with Gasteiger partial charge in [-0.25, -0.2) is 0 Å². The Morgan fingerprint density at radius 3 is 2.75 bits per heavy atom. The molecule has 4 rings (SSSR count). The van der Waals surface area contributed by atoms with Crippen LogP contribution in [0, 0.1) is 6.92 Å². The Labute approximate surface area is 114 Å². The van der Waals surface area contributed by atoms with Crippen LogP contribution in [0.4, 0.5) is 0 Å². The molecular weight excluding hydrogens is 252 g/mol. The van der Waals surface area contributed by atoms with Crippen molar-refractivity contribution in [2.75, 3.05) is 0 Å². The van der Waals surface area contributed by atoms with Crippen molar-refractivity contribution in [2.24, 2.45) is 0 Å². The van der Waals surface area contributed by atoms with Gasteiger partial charge < -0.3 is 4.98 Å². The summed E-state index contributed by atoms with van der Waals surface area (Å²) in [5.41, 5.74) is 3.73. The fraction of sp³-hybridized carbons (Fsp3) is 0.0625. The first-order chi connectivity index (χ1) is 9.68. The van der Waals surface area contributed by atoms with Gasteiger partial charge in [0.2, 0.25) is 5.78 Å². The molecule has 4 nitrogen and oxygen atoms in total. The van der Waals surface area contributed by atoms with E-state index in [-0.39, 0.29) is 16.9 Å². The molecule has 20 heavy (non-hydrogen) atoms. The molecule has 0 aliphatic heterocycles. The van der Waals surface area contributed by atoms with Crippen molar-refractivity contribution >= 4 is 16.7 Å². The molecule has 2 heterocycles. The zero-order valence-electron chi connectivity index (χ0n) is 10.7. The van der Waals surface area contributed by atoms with Crippen LogP contribution in [0.2, 0.25) is 0 Å². The maximum Gasteiger partial charge on any atom is 0.260 e. The van der Waals surface area contributed by atoms with Crippen molar-refractivity contribution in [3.05, 3.63) is 63.7 Å². The SMILES string of the molecule is Cc1cccc2[nH]c(=O)c3c(c12)-c1ccncc1C3=O. The van der Waals surface area contributed by atoms with Crippen molar-refractivity contribution in [1.82, 2.24) is 9.97 Å². The van der Waals surface area contributed by atoms with Crippen LogP contribution < -0.4 is 5.56 Å². The summed E-state index contributed by atoms with van der Waals surface area (Å²) in [4.78, 5) is 31.4. The predicted octanol–water partition coefficient (Wildman–Crippen LogP) is 2.44. The number of carbonyl (C=O) groups excluding carboxylic acids is 1. The molecule has 0 bridgehead atoms. The number of H-pyrrole nitrogens is 1. The Bertz CT molecular complexity index is 954. The highest BCUT2D eigenvalue weighted by molar-refractivity contribution is 6.25. The number of aromatic nitrogens is 2. The second-order valence-electron chi connectivity index (χ2n) is 4.95. The highest BCUT2D eigenvalue weighted by Crippen LogP contribution is 2.39. The fourth-order valence-corrected chi connectivity index (χ4v) is 2.94.